The van der Waals surface area contributed by atoms with Crippen LogP contribution in [-0.4, -0.2) is 17.1 Å². The van der Waals surface area contributed by atoms with E-state index in [1.54, 1.807) is 24.3 Å². The third kappa shape index (κ3) is 3.36. The van der Waals surface area contributed by atoms with Gasteiger partial charge in [-0.1, -0.05) is 13.8 Å². The van der Waals surface area contributed by atoms with E-state index in [-0.39, 0.29) is 11.7 Å². The molecule has 3 heteroatoms. The van der Waals surface area contributed by atoms with Gasteiger partial charge in [0.25, 0.3) is 0 Å². The Morgan fingerprint density at radius 2 is 1.80 bits per heavy atom. The van der Waals surface area contributed by atoms with Crippen molar-refractivity contribution in [3.05, 3.63) is 29.8 Å². The van der Waals surface area contributed by atoms with Crippen molar-refractivity contribution in [1.82, 2.24) is 0 Å². The van der Waals surface area contributed by atoms with Crippen LogP contribution in [0.4, 0.5) is 5.69 Å². The minimum absolute atomic E-state index is 0.0472. The molecule has 0 bridgehead atoms. The van der Waals surface area contributed by atoms with Crippen molar-refractivity contribution in [3.8, 4) is 0 Å². The number of aliphatic hydroxyl groups is 1. The number of hydrogen-bond acceptors (Lipinski definition) is 3. The molecule has 0 amide bonds. The van der Waals surface area contributed by atoms with Crippen molar-refractivity contribution in [1.29, 1.82) is 0 Å². The van der Waals surface area contributed by atoms with Crippen molar-refractivity contribution in [2.75, 3.05) is 5.32 Å². The second-order valence-corrected chi connectivity index (χ2v) is 3.97. The van der Waals surface area contributed by atoms with Crippen molar-refractivity contribution in [2.45, 2.75) is 27.0 Å². The zero-order valence-electron chi connectivity index (χ0n) is 9.32. The molecule has 1 aromatic carbocycles. The predicted molar refractivity (Wildman–Crippen MR) is 60.9 cm³/mol. The van der Waals surface area contributed by atoms with E-state index >= 15 is 0 Å². The van der Waals surface area contributed by atoms with E-state index in [4.69, 9.17) is 0 Å². The number of nitrogens with one attached hydrogen (secondary N) is 1. The third-order valence-electron chi connectivity index (χ3n) is 2.24. The predicted octanol–water partition coefficient (Wildman–Crippen LogP) is 2.28. The van der Waals surface area contributed by atoms with Crippen LogP contribution < -0.4 is 5.32 Å². The molecule has 0 radical (unpaired) electrons. The van der Waals surface area contributed by atoms with E-state index in [9.17, 15) is 9.90 Å². The first-order chi connectivity index (χ1) is 7.00. The number of ketones is 1. The maximum absolute atomic E-state index is 11.0. The van der Waals surface area contributed by atoms with Crippen molar-refractivity contribution in [2.24, 2.45) is 5.92 Å². The molecule has 0 fully saturated rings. The Labute approximate surface area is 90.1 Å². The molecule has 0 aliphatic carbocycles. The average Bonchev–Trinajstić information content (AvgIpc) is 2.18. The van der Waals surface area contributed by atoms with E-state index in [2.05, 4.69) is 5.32 Å². The highest BCUT2D eigenvalue weighted by Crippen LogP contribution is 2.13. The smallest absolute Gasteiger partial charge is 0.159 e. The number of carbonyl (C=O) groups is 1. The molecule has 0 heterocycles. The average molecular weight is 207 g/mol. The Balaban J connectivity index is 2.68. The number of rotatable bonds is 4. The van der Waals surface area contributed by atoms with Crippen molar-refractivity contribution in [3.63, 3.8) is 0 Å². The Bertz CT molecular complexity index is 330. The number of anilines is 1. The van der Waals surface area contributed by atoms with Gasteiger partial charge >= 0.3 is 0 Å². The fraction of sp³-hybridized carbons (Fsp3) is 0.417. The highest BCUT2D eigenvalue weighted by molar-refractivity contribution is 5.94. The molecule has 1 rings (SSSR count). The number of hydrogen-bond donors (Lipinski definition) is 2. The lowest BCUT2D eigenvalue weighted by Gasteiger charge is -2.17. The van der Waals surface area contributed by atoms with Crippen LogP contribution in [0.15, 0.2) is 24.3 Å². The first-order valence-electron chi connectivity index (χ1n) is 5.06. The molecule has 0 aromatic heterocycles. The van der Waals surface area contributed by atoms with Gasteiger partial charge < -0.3 is 10.4 Å². The Morgan fingerprint density at radius 3 is 2.20 bits per heavy atom. The zero-order valence-corrected chi connectivity index (χ0v) is 9.32. The van der Waals surface area contributed by atoms with Crippen molar-refractivity contribution >= 4 is 11.5 Å². The molecule has 0 saturated carbocycles. The summed E-state index contributed by atoms with van der Waals surface area (Å²) in [4.78, 5) is 11.0. The van der Waals surface area contributed by atoms with Gasteiger partial charge in [-0.15, -0.1) is 0 Å². The topological polar surface area (TPSA) is 49.3 Å². The molecular formula is C12H17NO2. The summed E-state index contributed by atoms with van der Waals surface area (Å²) in [5.41, 5.74) is 1.50. The molecule has 2 N–H and O–H groups in total. The molecule has 0 saturated heterocycles. The van der Waals surface area contributed by atoms with Crippen LogP contribution in [0, 0.1) is 5.92 Å². The lowest BCUT2D eigenvalue weighted by atomic mass is 10.1. The van der Waals surface area contributed by atoms with Gasteiger partial charge in [-0.3, -0.25) is 4.79 Å². The number of carbonyl (C=O) groups excluding carboxylic acids is 1. The first kappa shape index (κ1) is 11.7. The minimum atomic E-state index is -0.562. The van der Waals surface area contributed by atoms with E-state index < -0.39 is 6.23 Å². The van der Waals surface area contributed by atoms with Gasteiger partial charge in [0, 0.05) is 11.3 Å². The van der Waals surface area contributed by atoms with Gasteiger partial charge in [-0.05, 0) is 37.1 Å². The highest BCUT2D eigenvalue weighted by atomic mass is 16.3. The second kappa shape index (κ2) is 4.94. The van der Waals surface area contributed by atoms with Crippen LogP contribution in [0.1, 0.15) is 31.1 Å². The van der Waals surface area contributed by atoms with E-state index in [0.717, 1.165) is 5.69 Å². The monoisotopic (exact) mass is 207 g/mol. The van der Waals surface area contributed by atoms with Crippen LogP contribution in [0.5, 0.6) is 0 Å². The standard InChI is InChI=1S/C12H17NO2/c1-8(2)12(15)13-11-6-4-10(5-7-11)9(3)14/h4-8,12-13,15H,1-3H3. The summed E-state index contributed by atoms with van der Waals surface area (Å²) in [7, 11) is 0. The summed E-state index contributed by atoms with van der Waals surface area (Å²) in [6.07, 6.45) is -0.562. The van der Waals surface area contributed by atoms with Gasteiger partial charge in [0.05, 0.1) is 0 Å². The Hall–Kier alpha value is -1.35. The van der Waals surface area contributed by atoms with E-state index in [1.807, 2.05) is 13.8 Å². The van der Waals surface area contributed by atoms with E-state index in [0.29, 0.717) is 5.56 Å². The third-order valence-corrected chi connectivity index (χ3v) is 2.24. The molecule has 15 heavy (non-hydrogen) atoms. The molecule has 0 spiro atoms. The van der Waals surface area contributed by atoms with Crippen LogP contribution in [0.2, 0.25) is 0 Å². The van der Waals surface area contributed by atoms with Gasteiger partial charge in [0.1, 0.15) is 6.23 Å². The first-order valence-corrected chi connectivity index (χ1v) is 5.06. The van der Waals surface area contributed by atoms with Gasteiger partial charge in [-0.2, -0.15) is 0 Å². The molecule has 0 aliphatic heterocycles. The normalized spacial score (nSPS) is 12.6. The van der Waals surface area contributed by atoms with Gasteiger partial charge in [-0.25, -0.2) is 0 Å². The quantitative estimate of drug-likeness (QED) is 0.588. The number of aliphatic hydroxyl groups excluding tert-OH is 1. The SMILES string of the molecule is CC(=O)c1ccc(NC(O)C(C)C)cc1. The Morgan fingerprint density at radius 1 is 1.27 bits per heavy atom. The fourth-order valence-corrected chi connectivity index (χ4v) is 1.14. The summed E-state index contributed by atoms with van der Waals surface area (Å²) in [6, 6.07) is 7.08. The summed E-state index contributed by atoms with van der Waals surface area (Å²) in [6.45, 7) is 5.40. The molecule has 1 aromatic rings. The minimum Gasteiger partial charge on any atom is -0.374 e. The highest BCUT2D eigenvalue weighted by Gasteiger charge is 2.08. The maximum atomic E-state index is 11.0. The number of Topliss-reactive ketones (excluding diaryl/α,β-unsaturated/α-hetero) is 1. The lowest BCUT2D eigenvalue weighted by molar-refractivity contribution is 0.101. The summed E-state index contributed by atoms with van der Waals surface area (Å²) < 4.78 is 0. The summed E-state index contributed by atoms with van der Waals surface area (Å²) in [5.74, 6) is 0.198. The molecule has 1 atom stereocenters. The summed E-state index contributed by atoms with van der Waals surface area (Å²) >= 11 is 0. The summed E-state index contributed by atoms with van der Waals surface area (Å²) in [5, 5.41) is 12.5. The maximum Gasteiger partial charge on any atom is 0.159 e. The second-order valence-electron chi connectivity index (χ2n) is 3.97. The molecule has 1 unspecified atom stereocenters. The van der Waals surface area contributed by atoms with Crippen LogP contribution >= 0.6 is 0 Å². The van der Waals surface area contributed by atoms with Crippen molar-refractivity contribution < 1.29 is 9.90 Å². The molecule has 0 aliphatic rings. The van der Waals surface area contributed by atoms with Crippen LogP contribution in [-0.2, 0) is 0 Å². The van der Waals surface area contributed by atoms with Gasteiger partial charge in [0.15, 0.2) is 5.78 Å². The van der Waals surface area contributed by atoms with E-state index in [1.165, 1.54) is 6.92 Å². The lowest BCUT2D eigenvalue weighted by Crippen LogP contribution is -2.24. The molecule has 3 nitrogen and oxygen atoms in total. The largest absolute Gasteiger partial charge is 0.374 e. The Kier molecular flexibility index (Phi) is 3.86. The van der Waals surface area contributed by atoms with Gasteiger partial charge in [0.2, 0.25) is 0 Å². The fourth-order valence-electron chi connectivity index (χ4n) is 1.14. The molecule has 82 valence electrons. The van der Waals surface area contributed by atoms with Crippen LogP contribution in [0.25, 0.3) is 0 Å². The van der Waals surface area contributed by atoms with Crippen LogP contribution in [0.3, 0.4) is 0 Å². The zero-order chi connectivity index (χ0) is 11.4. The molecular weight excluding hydrogens is 190 g/mol. The number of benzene rings is 1.